The second kappa shape index (κ2) is 7.43. The summed E-state index contributed by atoms with van der Waals surface area (Å²) in [6, 6.07) is 3.92. The Bertz CT molecular complexity index is 469. The number of nitrogens with one attached hydrogen (secondary N) is 1. The second-order valence-corrected chi connectivity index (χ2v) is 5.95. The number of pyridine rings is 1. The molecule has 1 heterocycles. The predicted octanol–water partition coefficient (Wildman–Crippen LogP) is 2.48. The average molecular weight is 332 g/mol. The van der Waals surface area contributed by atoms with Crippen molar-refractivity contribution in [3.8, 4) is 0 Å². The molecule has 4 nitrogen and oxygen atoms in total. The lowest BCUT2D eigenvalue weighted by Gasteiger charge is -2.28. The molecule has 1 aromatic rings. The largest absolute Gasteiger partial charge is 0.349 e. The fraction of sp³-hybridized carbons (Fsp3) is 0.600. The molecule has 0 aliphatic heterocycles. The third-order valence-electron chi connectivity index (χ3n) is 4.83. The van der Waals surface area contributed by atoms with E-state index in [4.69, 9.17) is 5.73 Å². The number of halogens is 2. The summed E-state index contributed by atoms with van der Waals surface area (Å²) >= 11 is 0. The monoisotopic (exact) mass is 331 g/mol. The molecule has 3 rings (SSSR count). The minimum Gasteiger partial charge on any atom is -0.349 e. The number of carbonyl (C=O) groups is 1. The third-order valence-corrected chi connectivity index (χ3v) is 4.83. The van der Waals surface area contributed by atoms with Gasteiger partial charge < -0.3 is 11.1 Å². The van der Waals surface area contributed by atoms with Crippen LogP contribution in [0.25, 0.3) is 0 Å². The van der Waals surface area contributed by atoms with Gasteiger partial charge in [0.15, 0.2) is 0 Å². The number of hydrogen-bond acceptors (Lipinski definition) is 3. The van der Waals surface area contributed by atoms with Gasteiger partial charge >= 0.3 is 0 Å². The van der Waals surface area contributed by atoms with Crippen LogP contribution in [0.2, 0.25) is 0 Å². The molecule has 2 bridgehead atoms. The first-order valence-corrected chi connectivity index (χ1v) is 7.12. The highest BCUT2D eigenvalue weighted by Crippen LogP contribution is 2.47. The van der Waals surface area contributed by atoms with E-state index in [1.165, 1.54) is 6.42 Å². The first kappa shape index (κ1) is 18.2. The van der Waals surface area contributed by atoms with Crippen LogP contribution >= 0.6 is 24.8 Å². The smallest absolute Gasteiger partial charge is 0.225 e. The zero-order valence-corrected chi connectivity index (χ0v) is 13.7. The predicted molar refractivity (Wildman–Crippen MR) is 87.6 cm³/mol. The Hall–Kier alpha value is -0.840. The van der Waals surface area contributed by atoms with E-state index in [1.807, 2.05) is 19.1 Å². The maximum Gasteiger partial charge on any atom is 0.225 e. The SMILES string of the molecule is C[C@H](NC(=O)C1C2CCC(C2)C1N)c1cccnc1.Cl.Cl. The number of hydrogen-bond donors (Lipinski definition) is 2. The summed E-state index contributed by atoms with van der Waals surface area (Å²) in [5, 5.41) is 3.09. The number of fused-ring (bicyclic) bond motifs is 2. The summed E-state index contributed by atoms with van der Waals surface area (Å²) in [4.78, 5) is 16.5. The van der Waals surface area contributed by atoms with Crippen molar-refractivity contribution >= 4 is 30.7 Å². The Labute approximate surface area is 138 Å². The number of rotatable bonds is 3. The van der Waals surface area contributed by atoms with Gasteiger partial charge in [0, 0.05) is 18.4 Å². The van der Waals surface area contributed by atoms with E-state index in [-0.39, 0.29) is 48.7 Å². The van der Waals surface area contributed by atoms with Gasteiger partial charge in [0.2, 0.25) is 5.91 Å². The molecule has 0 aromatic carbocycles. The first-order chi connectivity index (χ1) is 9.16. The third kappa shape index (κ3) is 3.50. The van der Waals surface area contributed by atoms with E-state index in [0.717, 1.165) is 18.4 Å². The van der Waals surface area contributed by atoms with Gasteiger partial charge in [-0.3, -0.25) is 9.78 Å². The van der Waals surface area contributed by atoms with Crippen LogP contribution in [0.1, 0.15) is 37.8 Å². The molecule has 1 aromatic heterocycles. The van der Waals surface area contributed by atoms with Crippen LogP contribution in [0.15, 0.2) is 24.5 Å². The van der Waals surface area contributed by atoms with Gasteiger partial charge in [-0.2, -0.15) is 0 Å². The molecule has 6 heteroatoms. The highest BCUT2D eigenvalue weighted by molar-refractivity contribution is 5.85. The molecule has 3 N–H and O–H groups in total. The number of nitrogens with zero attached hydrogens (tertiary/aromatic N) is 1. The van der Waals surface area contributed by atoms with Crippen LogP contribution in [-0.4, -0.2) is 16.9 Å². The molecule has 0 saturated heterocycles. The molecule has 5 atom stereocenters. The van der Waals surface area contributed by atoms with Crippen molar-refractivity contribution < 1.29 is 4.79 Å². The van der Waals surface area contributed by atoms with E-state index in [2.05, 4.69) is 10.3 Å². The number of amides is 1. The fourth-order valence-electron chi connectivity index (χ4n) is 3.75. The van der Waals surface area contributed by atoms with Crippen LogP contribution in [-0.2, 0) is 4.79 Å². The summed E-state index contributed by atoms with van der Waals surface area (Å²) in [6.07, 6.45) is 7.04. The van der Waals surface area contributed by atoms with Crippen molar-refractivity contribution in [2.45, 2.75) is 38.3 Å². The average Bonchev–Trinajstić information content (AvgIpc) is 3.00. The van der Waals surface area contributed by atoms with Gasteiger partial charge in [0.1, 0.15) is 0 Å². The summed E-state index contributed by atoms with van der Waals surface area (Å²) in [6.45, 7) is 1.99. The number of nitrogens with two attached hydrogens (primary N) is 1. The summed E-state index contributed by atoms with van der Waals surface area (Å²) in [5.41, 5.74) is 7.24. The van der Waals surface area contributed by atoms with E-state index >= 15 is 0 Å². The van der Waals surface area contributed by atoms with Crippen LogP contribution < -0.4 is 11.1 Å². The topological polar surface area (TPSA) is 68.0 Å². The van der Waals surface area contributed by atoms with Gasteiger partial charge in [-0.1, -0.05) is 6.07 Å². The zero-order chi connectivity index (χ0) is 13.4. The van der Waals surface area contributed by atoms with Crippen LogP contribution in [0.5, 0.6) is 0 Å². The molecule has 1 amide bonds. The summed E-state index contributed by atoms with van der Waals surface area (Å²) in [7, 11) is 0. The molecular weight excluding hydrogens is 309 g/mol. The van der Waals surface area contributed by atoms with E-state index in [9.17, 15) is 4.79 Å². The first-order valence-electron chi connectivity index (χ1n) is 7.12. The Kier molecular flexibility index (Phi) is 6.44. The Morgan fingerprint density at radius 3 is 2.67 bits per heavy atom. The lowest BCUT2D eigenvalue weighted by atomic mass is 9.84. The second-order valence-electron chi connectivity index (χ2n) is 5.95. The number of aromatic nitrogens is 1. The minimum absolute atomic E-state index is 0. The summed E-state index contributed by atoms with van der Waals surface area (Å²) < 4.78 is 0. The fourth-order valence-corrected chi connectivity index (χ4v) is 3.75. The Morgan fingerprint density at radius 2 is 2.10 bits per heavy atom. The highest BCUT2D eigenvalue weighted by Gasteiger charge is 2.49. The van der Waals surface area contributed by atoms with E-state index < -0.39 is 0 Å². The number of carbonyl (C=O) groups excluding carboxylic acids is 1. The van der Waals surface area contributed by atoms with Gasteiger partial charge in [-0.05, 0) is 49.7 Å². The zero-order valence-electron chi connectivity index (χ0n) is 12.1. The van der Waals surface area contributed by atoms with Crippen molar-refractivity contribution in [2.24, 2.45) is 23.5 Å². The molecular formula is C15H23Cl2N3O. The standard InChI is InChI=1S/C15H21N3O.2ClH/c1-9(12-3-2-6-17-8-12)18-15(19)13-10-4-5-11(7-10)14(13)16;;/h2-3,6,8-11,13-14H,4-5,7,16H2,1H3,(H,18,19);2*1H/t9-,10?,11?,13?,14?;;/m0../s1. The van der Waals surface area contributed by atoms with Crippen LogP contribution in [0.3, 0.4) is 0 Å². The molecule has 0 spiro atoms. The summed E-state index contributed by atoms with van der Waals surface area (Å²) in [5.74, 6) is 1.20. The van der Waals surface area contributed by atoms with Crippen LogP contribution in [0, 0.1) is 17.8 Å². The van der Waals surface area contributed by atoms with Crippen molar-refractivity contribution in [2.75, 3.05) is 0 Å². The Morgan fingerprint density at radius 1 is 1.38 bits per heavy atom. The van der Waals surface area contributed by atoms with Crippen molar-refractivity contribution in [3.63, 3.8) is 0 Å². The Balaban J connectivity index is 0.00000110. The molecule has 21 heavy (non-hydrogen) atoms. The van der Waals surface area contributed by atoms with Gasteiger partial charge in [-0.25, -0.2) is 0 Å². The highest BCUT2D eigenvalue weighted by atomic mass is 35.5. The molecule has 118 valence electrons. The minimum atomic E-state index is -0.00692. The van der Waals surface area contributed by atoms with Crippen molar-refractivity contribution in [3.05, 3.63) is 30.1 Å². The lowest BCUT2D eigenvalue weighted by molar-refractivity contribution is -0.127. The van der Waals surface area contributed by atoms with E-state index in [1.54, 1.807) is 12.4 Å². The van der Waals surface area contributed by atoms with Crippen molar-refractivity contribution in [1.29, 1.82) is 0 Å². The van der Waals surface area contributed by atoms with Gasteiger partial charge in [-0.15, -0.1) is 24.8 Å². The van der Waals surface area contributed by atoms with Crippen LogP contribution in [0.4, 0.5) is 0 Å². The molecule has 2 fully saturated rings. The molecule has 4 unspecified atom stereocenters. The lowest BCUT2D eigenvalue weighted by Crippen LogP contribution is -2.45. The van der Waals surface area contributed by atoms with Crippen molar-refractivity contribution in [1.82, 2.24) is 10.3 Å². The molecule has 0 radical (unpaired) electrons. The molecule has 2 aliphatic carbocycles. The van der Waals surface area contributed by atoms with E-state index in [0.29, 0.717) is 11.8 Å². The van der Waals surface area contributed by atoms with Gasteiger partial charge in [0.25, 0.3) is 0 Å². The molecule has 2 aliphatic rings. The maximum atomic E-state index is 12.4. The maximum absolute atomic E-state index is 12.4. The van der Waals surface area contributed by atoms with Gasteiger partial charge in [0.05, 0.1) is 12.0 Å². The normalized spacial score (nSPS) is 31.0. The molecule has 2 saturated carbocycles. The quantitative estimate of drug-likeness (QED) is 0.893.